The summed E-state index contributed by atoms with van der Waals surface area (Å²) >= 11 is 8.05. The maximum absolute atomic E-state index is 4.02. The summed E-state index contributed by atoms with van der Waals surface area (Å²) in [7, 11) is 0. The molecule has 1 aromatic carbocycles. The first kappa shape index (κ1) is 9.49. The minimum absolute atomic E-state index is 1.15. The van der Waals surface area contributed by atoms with Crippen LogP contribution in [0.4, 0.5) is 0 Å². The van der Waals surface area contributed by atoms with Gasteiger partial charge in [0, 0.05) is 0 Å². The fraction of sp³-hybridized carbons (Fsp3) is 0. The van der Waals surface area contributed by atoms with E-state index in [9.17, 15) is 0 Å². The number of rotatable bonds is 2. The van der Waals surface area contributed by atoms with Crippen LogP contribution < -0.4 is 0 Å². The summed E-state index contributed by atoms with van der Waals surface area (Å²) in [5, 5.41) is 3.45. The maximum atomic E-state index is 4.02. The van der Waals surface area contributed by atoms with Crippen molar-refractivity contribution in [3.63, 3.8) is 0 Å². The van der Waals surface area contributed by atoms with Gasteiger partial charge >= 0.3 is 0 Å². The predicted octanol–water partition coefficient (Wildman–Crippen LogP) is 3.49. The van der Waals surface area contributed by atoms with Gasteiger partial charge in [0.25, 0.3) is 0 Å². The Morgan fingerprint density at radius 3 is 1.58 bits per heavy atom. The van der Waals surface area contributed by atoms with Crippen LogP contribution >= 0.6 is 25.3 Å². The van der Waals surface area contributed by atoms with Crippen molar-refractivity contribution in [2.24, 2.45) is 0 Å². The molecule has 0 bridgehead atoms. The van der Waals surface area contributed by atoms with E-state index in [1.165, 1.54) is 0 Å². The first-order chi connectivity index (χ1) is 5.88. The summed E-state index contributed by atoms with van der Waals surface area (Å²) in [6.45, 7) is 0. The summed E-state index contributed by atoms with van der Waals surface area (Å²) < 4.78 is 0. The second kappa shape index (κ2) is 5.12. The molecule has 12 heavy (non-hydrogen) atoms. The molecule has 2 heteroatoms. The fourth-order valence-corrected chi connectivity index (χ4v) is 1.30. The predicted molar refractivity (Wildman–Crippen MR) is 62.5 cm³/mol. The van der Waals surface area contributed by atoms with Crippen molar-refractivity contribution in [2.45, 2.75) is 0 Å². The van der Waals surface area contributed by atoms with Gasteiger partial charge in [-0.3, -0.25) is 0 Å². The van der Waals surface area contributed by atoms with E-state index in [0.717, 1.165) is 11.1 Å². The van der Waals surface area contributed by atoms with Crippen LogP contribution in [0.2, 0.25) is 0 Å². The lowest BCUT2D eigenvalue weighted by Gasteiger charge is -1.98. The Kier molecular flexibility index (Phi) is 4.05. The van der Waals surface area contributed by atoms with Gasteiger partial charge in [-0.2, -0.15) is 25.3 Å². The number of benzene rings is 1. The molecule has 0 N–H and O–H groups in total. The Hall–Kier alpha value is -0.600. The van der Waals surface area contributed by atoms with Crippen LogP contribution in [0.15, 0.2) is 35.1 Å². The molecule has 0 radical (unpaired) electrons. The van der Waals surface area contributed by atoms with Gasteiger partial charge in [-0.1, -0.05) is 24.3 Å². The Morgan fingerprint density at radius 2 is 1.25 bits per heavy atom. The van der Waals surface area contributed by atoms with Crippen LogP contribution in [-0.2, 0) is 0 Å². The van der Waals surface area contributed by atoms with Crippen LogP contribution in [0, 0.1) is 0 Å². The van der Waals surface area contributed by atoms with Crippen molar-refractivity contribution in [1.29, 1.82) is 0 Å². The zero-order valence-corrected chi connectivity index (χ0v) is 8.30. The molecule has 1 aromatic rings. The number of thiol groups is 2. The first-order valence-electron chi connectivity index (χ1n) is 3.59. The average Bonchev–Trinajstić information content (AvgIpc) is 2.09. The summed E-state index contributed by atoms with van der Waals surface area (Å²) in [4.78, 5) is 0. The van der Waals surface area contributed by atoms with Crippen LogP contribution in [-0.4, -0.2) is 0 Å². The monoisotopic (exact) mass is 194 g/mol. The fourth-order valence-electron chi connectivity index (χ4n) is 0.975. The van der Waals surface area contributed by atoms with E-state index >= 15 is 0 Å². The highest BCUT2D eigenvalue weighted by atomic mass is 32.1. The zero-order valence-electron chi connectivity index (χ0n) is 6.51. The van der Waals surface area contributed by atoms with Crippen molar-refractivity contribution in [1.82, 2.24) is 0 Å². The van der Waals surface area contributed by atoms with Crippen molar-refractivity contribution in [2.75, 3.05) is 0 Å². The van der Waals surface area contributed by atoms with Gasteiger partial charge in [0.15, 0.2) is 0 Å². The third-order valence-electron chi connectivity index (χ3n) is 1.50. The molecule has 0 unspecified atom stereocenters. The molecule has 0 heterocycles. The molecule has 62 valence electrons. The molecule has 0 saturated heterocycles. The normalized spacial score (nSPS) is 11.5. The highest BCUT2D eigenvalue weighted by Gasteiger charge is 1.91. The van der Waals surface area contributed by atoms with E-state index in [1.54, 1.807) is 10.8 Å². The molecule has 0 amide bonds. The molecule has 0 spiro atoms. The van der Waals surface area contributed by atoms with Crippen molar-refractivity contribution in [3.8, 4) is 0 Å². The smallest absolute Gasteiger partial charge is 0.0179 e. The minimum atomic E-state index is 1.15. The third kappa shape index (κ3) is 2.47. The van der Waals surface area contributed by atoms with Gasteiger partial charge in [-0.25, -0.2) is 0 Å². The molecule has 0 saturated carbocycles. The largest absolute Gasteiger partial charge is 0.151 e. The third-order valence-corrected chi connectivity index (χ3v) is 1.80. The molecule has 0 fully saturated rings. The topological polar surface area (TPSA) is 0 Å². The molecule has 0 aliphatic heterocycles. The van der Waals surface area contributed by atoms with E-state index in [4.69, 9.17) is 0 Å². The summed E-state index contributed by atoms with van der Waals surface area (Å²) in [6, 6.07) is 8.07. The van der Waals surface area contributed by atoms with Crippen LogP contribution in [0.1, 0.15) is 11.1 Å². The standard InChI is InChI=1S/C10H10S2/c11-7-5-9-3-1-2-4-10(9)6-8-12/h1-8,11-12H/b7-5+,8-6+. The van der Waals surface area contributed by atoms with E-state index in [1.807, 2.05) is 36.4 Å². The minimum Gasteiger partial charge on any atom is -0.151 e. The van der Waals surface area contributed by atoms with E-state index in [-0.39, 0.29) is 0 Å². The molecular weight excluding hydrogens is 184 g/mol. The highest BCUT2D eigenvalue weighted by molar-refractivity contribution is 7.83. The molecule has 1 rings (SSSR count). The molecule has 0 aliphatic rings. The summed E-state index contributed by atoms with van der Waals surface area (Å²) in [5.41, 5.74) is 2.30. The molecule has 0 aliphatic carbocycles. The van der Waals surface area contributed by atoms with Gasteiger partial charge < -0.3 is 0 Å². The number of hydrogen-bond acceptors (Lipinski definition) is 2. The second-order valence-corrected chi connectivity index (χ2v) is 2.86. The van der Waals surface area contributed by atoms with Crippen LogP contribution in [0.3, 0.4) is 0 Å². The highest BCUT2D eigenvalue weighted by Crippen LogP contribution is 2.13. The van der Waals surface area contributed by atoms with Gasteiger partial charge in [0.2, 0.25) is 0 Å². The Labute approximate surface area is 83.8 Å². The zero-order chi connectivity index (χ0) is 8.81. The summed E-state index contributed by atoms with van der Waals surface area (Å²) in [6.07, 6.45) is 3.90. The van der Waals surface area contributed by atoms with E-state index in [0.29, 0.717) is 0 Å². The van der Waals surface area contributed by atoms with Crippen molar-refractivity contribution in [3.05, 3.63) is 46.2 Å². The Balaban J connectivity index is 3.08. The molecule has 0 aromatic heterocycles. The Morgan fingerprint density at radius 1 is 0.833 bits per heavy atom. The summed E-state index contributed by atoms with van der Waals surface area (Å²) in [5.74, 6) is 0. The average molecular weight is 194 g/mol. The maximum Gasteiger partial charge on any atom is -0.0179 e. The lowest BCUT2D eigenvalue weighted by Crippen LogP contribution is -1.77. The van der Waals surface area contributed by atoms with Gasteiger partial charge in [-0.15, -0.1) is 0 Å². The molecule has 0 atom stereocenters. The molecule has 0 nitrogen and oxygen atoms in total. The van der Waals surface area contributed by atoms with Crippen molar-refractivity contribution >= 4 is 37.4 Å². The lowest BCUT2D eigenvalue weighted by molar-refractivity contribution is 1.62. The van der Waals surface area contributed by atoms with Gasteiger partial charge in [0.1, 0.15) is 0 Å². The van der Waals surface area contributed by atoms with Crippen molar-refractivity contribution < 1.29 is 0 Å². The Bertz CT molecular complexity index is 269. The first-order valence-corrected chi connectivity index (χ1v) is 4.62. The van der Waals surface area contributed by atoms with Crippen LogP contribution in [0.5, 0.6) is 0 Å². The second-order valence-electron chi connectivity index (χ2n) is 2.26. The quantitative estimate of drug-likeness (QED) is 0.662. The molecular formula is C10H10S2. The SMILES string of the molecule is S/C=C/c1ccccc1/C=C/S. The van der Waals surface area contributed by atoms with E-state index in [2.05, 4.69) is 25.3 Å². The van der Waals surface area contributed by atoms with Gasteiger partial charge in [0.05, 0.1) is 0 Å². The van der Waals surface area contributed by atoms with Gasteiger partial charge in [-0.05, 0) is 34.1 Å². The lowest BCUT2D eigenvalue weighted by atomic mass is 10.1. The number of hydrogen-bond donors (Lipinski definition) is 2. The van der Waals surface area contributed by atoms with E-state index < -0.39 is 0 Å². The van der Waals surface area contributed by atoms with Crippen LogP contribution in [0.25, 0.3) is 12.2 Å².